The molecule has 0 atom stereocenters. The van der Waals surface area contributed by atoms with Gasteiger partial charge in [-0.25, -0.2) is 0 Å². The molecule has 1 aromatic heterocycles. The first kappa shape index (κ1) is 10.7. The van der Waals surface area contributed by atoms with Gasteiger partial charge in [-0.1, -0.05) is 13.8 Å². The van der Waals surface area contributed by atoms with E-state index in [0.717, 1.165) is 13.2 Å². The third kappa shape index (κ3) is 3.89. The fraction of sp³-hybridized carbons (Fsp3) is 0.600. The van der Waals surface area contributed by atoms with Crippen LogP contribution in [0.25, 0.3) is 0 Å². The summed E-state index contributed by atoms with van der Waals surface area (Å²) in [6, 6.07) is 4.84. The minimum absolute atomic E-state index is 0.549. The zero-order valence-corrected chi connectivity index (χ0v) is 9.28. The molecule has 0 amide bonds. The van der Waals surface area contributed by atoms with Gasteiger partial charge in [-0.05, 0) is 12.1 Å². The molecule has 0 radical (unpaired) electrons. The summed E-state index contributed by atoms with van der Waals surface area (Å²) in [4.78, 5) is 2.67. The Morgan fingerprint density at radius 1 is 1.38 bits per heavy atom. The molecule has 0 aromatic carbocycles. The van der Waals surface area contributed by atoms with Crippen molar-refractivity contribution in [2.75, 3.05) is 7.11 Å². The van der Waals surface area contributed by atoms with E-state index in [1.807, 2.05) is 11.3 Å². The predicted octanol–water partition coefficient (Wildman–Crippen LogP) is 2.39. The van der Waals surface area contributed by atoms with Crippen molar-refractivity contribution in [1.29, 1.82) is 0 Å². The van der Waals surface area contributed by atoms with Gasteiger partial charge in [0, 0.05) is 29.5 Å². The predicted molar refractivity (Wildman–Crippen MR) is 57.0 cm³/mol. The van der Waals surface area contributed by atoms with Crippen LogP contribution in [0.15, 0.2) is 12.1 Å². The molecule has 1 aromatic rings. The lowest BCUT2D eigenvalue weighted by atomic mass is 10.3. The third-order valence-electron chi connectivity index (χ3n) is 1.69. The van der Waals surface area contributed by atoms with Crippen LogP contribution >= 0.6 is 11.3 Å². The van der Waals surface area contributed by atoms with Crippen molar-refractivity contribution in [3.05, 3.63) is 21.9 Å². The largest absolute Gasteiger partial charge is 0.379 e. The first-order valence-corrected chi connectivity index (χ1v) is 5.34. The topological polar surface area (TPSA) is 21.3 Å². The van der Waals surface area contributed by atoms with Gasteiger partial charge in [0.1, 0.15) is 0 Å². The SMILES string of the molecule is COCc1ccc(CNC(C)C)s1. The Hall–Kier alpha value is -0.380. The van der Waals surface area contributed by atoms with Crippen LogP contribution in [-0.2, 0) is 17.9 Å². The molecule has 0 bridgehead atoms. The molecule has 1 heterocycles. The maximum atomic E-state index is 5.06. The summed E-state index contributed by atoms with van der Waals surface area (Å²) in [6.07, 6.45) is 0. The molecule has 0 aliphatic rings. The van der Waals surface area contributed by atoms with Gasteiger partial charge in [0.2, 0.25) is 0 Å². The molecule has 1 N–H and O–H groups in total. The van der Waals surface area contributed by atoms with E-state index in [4.69, 9.17) is 4.74 Å². The lowest BCUT2D eigenvalue weighted by Crippen LogP contribution is -2.21. The molecule has 0 unspecified atom stereocenters. The Morgan fingerprint density at radius 3 is 2.69 bits per heavy atom. The Morgan fingerprint density at radius 2 is 2.08 bits per heavy atom. The number of nitrogens with one attached hydrogen (secondary N) is 1. The Balaban J connectivity index is 2.39. The van der Waals surface area contributed by atoms with E-state index in [1.165, 1.54) is 9.75 Å². The number of hydrogen-bond acceptors (Lipinski definition) is 3. The summed E-state index contributed by atoms with van der Waals surface area (Å²) in [7, 11) is 1.73. The molecule has 0 aliphatic carbocycles. The van der Waals surface area contributed by atoms with E-state index in [-0.39, 0.29) is 0 Å². The van der Waals surface area contributed by atoms with E-state index in [1.54, 1.807) is 7.11 Å². The van der Waals surface area contributed by atoms with E-state index >= 15 is 0 Å². The van der Waals surface area contributed by atoms with Crippen molar-refractivity contribution in [3.63, 3.8) is 0 Å². The second kappa shape index (κ2) is 5.37. The molecule has 0 aliphatic heterocycles. The van der Waals surface area contributed by atoms with E-state index in [0.29, 0.717) is 6.04 Å². The Bertz CT molecular complexity index is 245. The number of thiophene rings is 1. The Labute approximate surface area is 83.9 Å². The summed E-state index contributed by atoms with van der Waals surface area (Å²) in [5.74, 6) is 0. The van der Waals surface area contributed by atoms with Crippen molar-refractivity contribution in [2.24, 2.45) is 0 Å². The van der Waals surface area contributed by atoms with Gasteiger partial charge in [-0.2, -0.15) is 0 Å². The van der Waals surface area contributed by atoms with Crippen molar-refractivity contribution < 1.29 is 4.74 Å². The van der Waals surface area contributed by atoms with Crippen LogP contribution in [0, 0.1) is 0 Å². The molecule has 0 saturated carbocycles. The summed E-state index contributed by atoms with van der Waals surface area (Å²) in [6.45, 7) is 6.01. The molecule has 74 valence electrons. The van der Waals surface area contributed by atoms with Crippen LogP contribution in [0.4, 0.5) is 0 Å². The minimum atomic E-state index is 0.549. The van der Waals surface area contributed by atoms with Crippen LogP contribution in [0.3, 0.4) is 0 Å². The summed E-state index contributed by atoms with van der Waals surface area (Å²) >= 11 is 1.81. The average Bonchev–Trinajstić information content (AvgIpc) is 2.50. The number of hydrogen-bond donors (Lipinski definition) is 1. The Kier molecular flexibility index (Phi) is 4.42. The normalized spacial score (nSPS) is 11.1. The lowest BCUT2D eigenvalue weighted by molar-refractivity contribution is 0.187. The molecular weight excluding hydrogens is 182 g/mol. The number of ether oxygens (including phenoxy) is 1. The van der Waals surface area contributed by atoms with Gasteiger partial charge in [0.05, 0.1) is 6.61 Å². The smallest absolute Gasteiger partial charge is 0.0805 e. The maximum Gasteiger partial charge on any atom is 0.0805 e. The van der Waals surface area contributed by atoms with Crippen LogP contribution in [0.5, 0.6) is 0 Å². The van der Waals surface area contributed by atoms with Crippen molar-refractivity contribution in [2.45, 2.75) is 33.0 Å². The monoisotopic (exact) mass is 199 g/mol. The summed E-state index contributed by atoms with van der Waals surface area (Å²) < 4.78 is 5.06. The standard InChI is InChI=1S/C10H17NOS/c1-8(2)11-6-9-4-5-10(13-9)7-12-3/h4-5,8,11H,6-7H2,1-3H3. The highest BCUT2D eigenvalue weighted by Crippen LogP contribution is 2.16. The minimum Gasteiger partial charge on any atom is -0.379 e. The highest BCUT2D eigenvalue weighted by molar-refractivity contribution is 7.11. The highest BCUT2D eigenvalue weighted by atomic mass is 32.1. The summed E-state index contributed by atoms with van der Waals surface area (Å²) in [5.41, 5.74) is 0. The number of methoxy groups -OCH3 is 1. The number of rotatable bonds is 5. The van der Waals surface area contributed by atoms with Crippen LogP contribution < -0.4 is 5.32 Å². The van der Waals surface area contributed by atoms with Crippen molar-refractivity contribution >= 4 is 11.3 Å². The van der Waals surface area contributed by atoms with E-state index in [9.17, 15) is 0 Å². The second-order valence-corrected chi connectivity index (χ2v) is 4.59. The maximum absolute atomic E-state index is 5.06. The van der Waals surface area contributed by atoms with Crippen LogP contribution in [0.1, 0.15) is 23.6 Å². The molecule has 13 heavy (non-hydrogen) atoms. The zero-order valence-electron chi connectivity index (χ0n) is 8.46. The van der Waals surface area contributed by atoms with Gasteiger partial charge >= 0.3 is 0 Å². The van der Waals surface area contributed by atoms with Crippen LogP contribution in [0.2, 0.25) is 0 Å². The molecule has 1 rings (SSSR count). The molecule has 2 nitrogen and oxygen atoms in total. The molecule has 0 fully saturated rings. The molecule has 3 heteroatoms. The van der Waals surface area contributed by atoms with Crippen LogP contribution in [-0.4, -0.2) is 13.2 Å². The lowest BCUT2D eigenvalue weighted by Gasteiger charge is -2.05. The van der Waals surface area contributed by atoms with Gasteiger partial charge in [0.25, 0.3) is 0 Å². The molecule has 0 saturated heterocycles. The van der Waals surface area contributed by atoms with Crippen molar-refractivity contribution in [3.8, 4) is 0 Å². The van der Waals surface area contributed by atoms with Gasteiger partial charge in [0.15, 0.2) is 0 Å². The second-order valence-electron chi connectivity index (χ2n) is 3.34. The van der Waals surface area contributed by atoms with Gasteiger partial charge in [-0.3, -0.25) is 0 Å². The van der Waals surface area contributed by atoms with Gasteiger partial charge in [-0.15, -0.1) is 11.3 Å². The zero-order chi connectivity index (χ0) is 9.68. The average molecular weight is 199 g/mol. The van der Waals surface area contributed by atoms with E-state index < -0.39 is 0 Å². The highest BCUT2D eigenvalue weighted by Gasteiger charge is 2.00. The molecular formula is C10H17NOS. The third-order valence-corrected chi connectivity index (χ3v) is 2.75. The fourth-order valence-corrected chi connectivity index (χ4v) is 1.98. The first-order valence-electron chi connectivity index (χ1n) is 4.52. The molecule has 0 spiro atoms. The van der Waals surface area contributed by atoms with Gasteiger partial charge < -0.3 is 10.1 Å². The fourth-order valence-electron chi connectivity index (χ4n) is 1.04. The first-order chi connectivity index (χ1) is 6.22. The quantitative estimate of drug-likeness (QED) is 0.786. The van der Waals surface area contributed by atoms with E-state index in [2.05, 4.69) is 31.3 Å². The van der Waals surface area contributed by atoms with Crippen molar-refractivity contribution in [1.82, 2.24) is 5.32 Å². The summed E-state index contributed by atoms with van der Waals surface area (Å²) in [5, 5.41) is 3.39.